The normalized spacial score (nSPS) is 15.6. The van der Waals surface area contributed by atoms with E-state index in [1.54, 1.807) is 28.4 Å². The number of rotatable bonds is 4. The zero-order valence-electron chi connectivity index (χ0n) is 15.9. The molecule has 0 radical (unpaired) electrons. The molecule has 0 aromatic carbocycles. The molecule has 1 aliphatic rings. The summed E-state index contributed by atoms with van der Waals surface area (Å²) in [5.41, 5.74) is -0.211. The summed E-state index contributed by atoms with van der Waals surface area (Å²) in [6.45, 7) is 3.47. The number of carbonyl (C=O) groups excluding carboxylic acids is 1. The standard InChI is InChI=1S/C21H19N3O3S2/c1-14-6-7-16(28-14)11-18-20(26)24(13-15-5-4-10-27-15)21(29-18)17(12-22)19(25)23-8-2-3-9-23/h4-7,10-11H,2-3,8-9,13H2,1H3/b18-11+,21-17-. The van der Waals surface area contributed by atoms with Crippen LogP contribution < -0.4 is 14.8 Å². The van der Waals surface area contributed by atoms with E-state index in [1.807, 2.05) is 25.1 Å². The van der Waals surface area contributed by atoms with Crippen LogP contribution in [0.4, 0.5) is 0 Å². The third-order valence-corrected chi connectivity index (χ3v) is 6.85. The van der Waals surface area contributed by atoms with Crippen LogP contribution >= 0.6 is 22.7 Å². The fraction of sp³-hybridized carbons (Fsp3) is 0.286. The second-order valence-corrected chi connectivity index (χ2v) is 9.17. The van der Waals surface area contributed by atoms with Crippen LogP contribution in [0.2, 0.25) is 0 Å². The summed E-state index contributed by atoms with van der Waals surface area (Å²) in [4.78, 5) is 29.9. The van der Waals surface area contributed by atoms with Crippen LogP contribution in [0.3, 0.4) is 0 Å². The van der Waals surface area contributed by atoms with Gasteiger partial charge in [0.1, 0.15) is 16.5 Å². The summed E-state index contributed by atoms with van der Waals surface area (Å²) in [7, 11) is 0. The summed E-state index contributed by atoms with van der Waals surface area (Å²) in [6.07, 6.45) is 5.23. The largest absolute Gasteiger partial charge is 0.467 e. The lowest BCUT2D eigenvalue weighted by Crippen LogP contribution is -2.36. The average molecular weight is 426 g/mol. The van der Waals surface area contributed by atoms with Crippen molar-refractivity contribution in [3.8, 4) is 6.07 Å². The van der Waals surface area contributed by atoms with Gasteiger partial charge in [0.05, 0.1) is 17.3 Å². The number of hydrogen-bond acceptors (Lipinski definition) is 6. The van der Waals surface area contributed by atoms with Crippen molar-refractivity contribution in [3.05, 3.63) is 65.6 Å². The van der Waals surface area contributed by atoms with Gasteiger partial charge >= 0.3 is 0 Å². The molecule has 1 saturated heterocycles. The predicted octanol–water partition coefficient (Wildman–Crippen LogP) is 2.05. The Labute approximate surface area is 175 Å². The van der Waals surface area contributed by atoms with Crippen molar-refractivity contribution in [1.29, 1.82) is 5.26 Å². The number of thiophene rings is 1. The highest BCUT2D eigenvalue weighted by Gasteiger charge is 2.24. The summed E-state index contributed by atoms with van der Waals surface area (Å²) >= 11 is 2.77. The van der Waals surface area contributed by atoms with Crippen LogP contribution in [-0.4, -0.2) is 28.5 Å². The first-order valence-corrected chi connectivity index (χ1v) is 10.9. The number of nitrogens with zero attached hydrogens (tertiary/aromatic N) is 3. The SMILES string of the molecule is Cc1ccc(/C=c2/s/c(=C(/C#N)C(=O)N3CCCC3)n(Cc3ccco3)c2=O)s1. The van der Waals surface area contributed by atoms with E-state index < -0.39 is 0 Å². The lowest BCUT2D eigenvalue weighted by Gasteiger charge is -2.14. The van der Waals surface area contributed by atoms with Gasteiger partial charge in [-0.25, -0.2) is 0 Å². The van der Waals surface area contributed by atoms with Gasteiger partial charge in [0.2, 0.25) is 0 Å². The number of thiazole rings is 1. The summed E-state index contributed by atoms with van der Waals surface area (Å²) in [5.74, 6) is 0.286. The van der Waals surface area contributed by atoms with Crippen LogP contribution in [0.15, 0.2) is 39.7 Å². The minimum atomic E-state index is -0.307. The van der Waals surface area contributed by atoms with E-state index in [4.69, 9.17) is 4.42 Å². The fourth-order valence-corrected chi connectivity index (χ4v) is 5.31. The molecule has 4 rings (SSSR count). The van der Waals surface area contributed by atoms with Crippen molar-refractivity contribution in [2.24, 2.45) is 0 Å². The van der Waals surface area contributed by atoms with E-state index in [-0.39, 0.29) is 23.6 Å². The molecule has 3 aromatic rings. The van der Waals surface area contributed by atoms with E-state index >= 15 is 0 Å². The molecule has 4 heterocycles. The van der Waals surface area contributed by atoms with Gasteiger partial charge in [0.15, 0.2) is 5.57 Å². The Bertz CT molecular complexity index is 1250. The van der Waals surface area contributed by atoms with Gasteiger partial charge in [-0.05, 0) is 50.1 Å². The van der Waals surface area contributed by atoms with E-state index in [2.05, 4.69) is 6.07 Å². The van der Waals surface area contributed by atoms with Crippen molar-refractivity contribution >= 4 is 40.2 Å². The molecule has 29 heavy (non-hydrogen) atoms. The molecule has 8 heteroatoms. The highest BCUT2D eigenvalue weighted by molar-refractivity contribution is 7.13. The van der Waals surface area contributed by atoms with Crippen molar-refractivity contribution < 1.29 is 9.21 Å². The van der Waals surface area contributed by atoms with Gasteiger partial charge < -0.3 is 9.32 Å². The zero-order valence-corrected chi connectivity index (χ0v) is 17.5. The monoisotopic (exact) mass is 425 g/mol. The highest BCUT2D eigenvalue weighted by Crippen LogP contribution is 2.15. The number of aromatic nitrogens is 1. The van der Waals surface area contributed by atoms with Crippen molar-refractivity contribution in [1.82, 2.24) is 9.47 Å². The second-order valence-electron chi connectivity index (χ2n) is 6.82. The van der Waals surface area contributed by atoms with Crippen LogP contribution in [0.25, 0.3) is 11.6 Å². The summed E-state index contributed by atoms with van der Waals surface area (Å²) in [6, 6.07) is 9.53. The fourth-order valence-electron chi connectivity index (χ4n) is 3.33. The maximum Gasteiger partial charge on any atom is 0.269 e. The van der Waals surface area contributed by atoms with Gasteiger partial charge in [0, 0.05) is 22.8 Å². The van der Waals surface area contributed by atoms with Crippen LogP contribution in [0.1, 0.15) is 28.4 Å². The Morgan fingerprint density at radius 3 is 2.69 bits per heavy atom. The maximum absolute atomic E-state index is 13.1. The smallest absolute Gasteiger partial charge is 0.269 e. The Balaban J connectivity index is 1.92. The molecule has 6 nitrogen and oxygen atoms in total. The van der Waals surface area contributed by atoms with E-state index in [0.717, 1.165) is 22.6 Å². The van der Waals surface area contributed by atoms with Gasteiger partial charge in [-0.2, -0.15) is 5.26 Å². The molecule has 1 fully saturated rings. The van der Waals surface area contributed by atoms with Crippen LogP contribution in [0.5, 0.6) is 0 Å². The van der Waals surface area contributed by atoms with Crippen molar-refractivity contribution in [2.75, 3.05) is 13.1 Å². The number of amides is 1. The van der Waals surface area contributed by atoms with Crippen LogP contribution in [-0.2, 0) is 11.3 Å². The molecule has 0 saturated carbocycles. The molecule has 3 aromatic heterocycles. The first kappa shape index (κ1) is 19.4. The maximum atomic E-state index is 13.1. The Hall–Kier alpha value is -2.89. The van der Waals surface area contributed by atoms with E-state index in [9.17, 15) is 14.9 Å². The van der Waals surface area contributed by atoms with Gasteiger partial charge in [-0.3, -0.25) is 14.2 Å². The van der Waals surface area contributed by atoms with Crippen LogP contribution in [0, 0.1) is 18.3 Å². The number of furan rings is 1. The number of hydrogen-bond donors (Lipinski definition) is 0. The minimum Gasteiger partial charge on any atom is -0.467 e. The number of likely N-dealkylation sites (tertiary alicyclic amines) is 1. The van der Waals surface area contributed by atoms with E-state index in [0.29, 0.717) is 28.0 Å². The number of aryl methyl sites for hydroxylation is 1. The van der Waals surface area contributed by atoms with Crippen molar-refractivity contribution in [3.63, 3.8) is 0 Å². The minimum absolute atomic E-state index is 0.0163. The first-order chi connectivity index (χ1) is 14.1. The lowest BCUT2D eigenvalue weighted by molar-refractivity contribution is -0.123. The third kappa shape index (κ3) is 3.97. The third-order valence-electron chi connectivity index (χ3n) is 4.77. The lowest BCUT2D eigenvalue weighted by atomic mass is 10.3. The molecule has 1 aliphatic heterocycles. The number of carbonyl (C=O) groups is 1. The summed E-state index contributed by atoms with van der Waals surface area (Å²) < 4.78 is 7.75. The molecular formula is C21H19N3O3S2. The molecule has 1 amide bonds. The second kappa shape index (κ2) is 8.23. The average Bonchev–Trinajstić information content (AvgIpc) is 3.49. The molecule has 148 valence electrons. The topological polar surface area (TPSA) is 79.2 Å². The summed E-state index contributed by atoms with van der Waals surface area (Å²) in [5, 5.41) is 9.78. The van der Waals surface area contributed by atoms with Crippen molar-refractivity contribution in [2.45, 2.75) is 26.3 Å². The molecular weight excluding hydrogens is 406 g/mol. The zero-order chi connectivity index (χ0) is 20.4. The first-order valence-electron chi connectivity index (χ1n) is 9.30. The van der Waals surface area contributed by atoms with Gasteiger partial charge in [0.25, 0.3) is 11.5 Å². The van der Waals surface area contributed by atoms with Gasteiger partial charge in [-0.1, -0.05) is 0 Å². The Morgan fingerprint density at radius 1 is 1.28 bits per heavy atom. The Morgan fingerprint density at radius 2 is 2.07 bits per heavy atom. The number of nitriles is 1. The van der Waals surface area contributed by atoms with E-state index in [1.165, 1.54) is 22.2 Å². The molecule has 0 N–H and O–H groups in total. The quantitative estimate of drug-likeness (QED) is 0.641. The predicted molar refractivity (Wildman–Crippen MR) is 113 cm³/mol. The molecule has 0 unspecified atom stereocenters. The molecule has 0 bridgehead atoms. The molecule has 0 atom stereocenters. The molecule has 0 spiro atoms. The Kier molecular flexibility index (Phi) is 5.51. The molecule has 0 aliphatic carbocycles. The van der Waals surface area contributed by atoms with Gasteiger partial charge in [-0.15, -0.1) is 22.7 Å². The highest BCUT2D eigenvalue weighted by atomic mass is 32.1.